The number of aromatic nitrogens is 4. The van der Waals surface area contributed by atoms with E-state index >= 15 is 0 Å². The second-order valence-electron chi connectivity index (χ2n) is 6.55. The highest BCUT2D eigenvalue weighted by Gasteiger charge is 2.14. The van der Waals surface area contributed by atoms with Crippen molar-refractivity contribution < 1.29 is 4.79 Å². The van der Waals surface area contributed by atoms with E-state index < -0.39 is 0 Å². The predicted octanol–water partition coefficient (Wildman–Crippen LogP) is 2.69. The van der Waals surface area contributed by atoms with E-state index in [0.717, 1.165) is 34.5 Å². The molecular formula is C20H21N5O. The first-order valence-electron chi connectivity index (χ1n) is 8.69. The lowest BCUT2D eigenvalue weighted by Crippen LogP contribution is -2.31. The summed E-state index contributed by atoms with van der Waals surface area (Å²) in [5.74, 6) is 0.0812. The van der Waals surface area contributed by atoms with Crippen LogP contribution in [0.15, 0.2) is 55.1 Å². The Morgan fingerprint density at radius 1 is 1.15 bits per heavy atom. The first kappa shape index (κ1) is 16.3. The fourth-order valence-electron chi connectivity index (χ4n) is 3.19. The summed E-state index contributed by atoms with van der Waals surface area (Å²) in [6.07, 6.45) is 5.91. The minimum Gasteiger partial charge on any atom is -0.344 e. The number of likely N-dealkylation sites (N-methyl/N-ethyl adjacent to an activating group) is 1. The van der Waals surface area contributed by atoms with E-state index in [1.807, 2.05) is 67.3 Å². The molecule has 1 aromatic carbocycles. The van der Waals surface area contributed by atoms with Crippen LogP contribution in [-0.4, -0.2) is 43.3 Å². The molecule has 6 heteroatoms. The highest BCUT2D eigenvalue weighted by Crippen LogP contribution is 2.13. The van der Waals surface area contributed by atoms with Crippen LogP contribution in [0, 0.1) is 6.92 Å². The van der Waals surface area contributed by atoms with Crippen LogP contribution in [0.1, 0.15) is 11.3 Å². The van der Waals surface area contributed by atoms with Gasteiger partial charge >= 0.3 is 0 Å². The summed E-state index contributed by atoms with van der Waals surface area (Å²) < 4.78 is 4.07. The highest BCUT2D eigenvalue weighted by molar-refractivity contribution is 5.78. The maximum absolute atomic E-state index is 12.6. The molecule has 1 amide bonds. The zero-order chi connectivity index (χ0) is 18.1. The maximum Gasteiger partial charge on any atom is 0.228 e. The molecular weight excluding hydrogens is 326 g/mol. The van der Waals surface area contributed by atoms with Crippen molar-refractivity contribution in [1.82, 2.24) is 23.8 Å². The lowest BCUT2D eigenvalue weighted by Gasteiger charge is -2.17. The molecule has 0 fully saturated rings. The predicted molar refractivity (Wildman–Crippen MR) is 101 cm³/mol. The van der Waals surface area contributed by atoms with Gasteiger partial charge in [0, 0.05) is 32.5 Å². The molecule has 0 unspecified atom stereocenters. The monoisotopic (exact) mass is 347 g/mol. The number of rotatable bonds is 5. The molecule has 4 rings (SSSR count). The van der Waals surface area contributed by atoms with Gasteiger partial charge in [-0.15, -0.1) is 0 Å². The molecule has 0 saturated heterocycles. The van der Waals surface area contributed by atoms with Gasteiger partial charge in [0.25, 0.3) is 0 Å². The van der Waals surface area contributed by atoms with Crippen molar-refractivity contribution in [2.24, 2.45) is 0 Å². The van der Waals surface area contributed by atoms with Crippen molar-refractivity contribution in [2.75, 3.05) is 13.6 Å². The zero-order valence-corrected chi connectivity index (χ0v) is 15.0. The summed E-state index contributed by atoms with van der Waals surface area (Å²) in [7, 11) is 1.84. The maximum atomic E-state index is 12.6. The minimum absolute atomic E-state index is 0.0812. The molecule has 6 nitrogen and oxygen atoms in total. The number of imidazole rings is 2. The Balaban J connectivity index is 1.43. The van der Waals surface area contributed by atoms with Crippen LogP contribution in [0.4, 0.5) is 0 Å². The van der Waals surface area contributed by atoms with Crippen LogP contribution < -0.4 is 0 Å². The summed E-state index contributed by atoms with van der Waals surface area (Å²) in [5.41, 5.74) is 4.98. The molecule has 0 atom stereocenters. The average Bonchev–Trinajstić information content (AvgIpc) is 3.25. The number of carbonyl (C=O) groups is 1. The molecule has 0 N–H and O–H groups in total. The molecule has 0 radical (unpaired) electrons. The van der Waals surface area contributed by atoms with E-state index in [4.69, 9.17) is 0 Å². The Labute approximate surface area is 151 Å². The smallest absolute Gasteiger partial charge is 0.228 e. The topological polar surface area (TPSA) is 55.4 Å². The van der Waals surface area contributed by atoms with Crippen molar-refractivity contribution in [2.45, 2.75) is 19.9 Å². The minimum atomic E-state index is 0.0812. The Bertz CT molecular complexity index is 1080. The van der Waals surface area contributed by atoms with Gasteiger partial charge in [0.15, 0.2) is 0 Å². The van der Waals surface area contributed by atoms with E-state index in [9.17, 15) is 4.79 Å². The van der Waals surface area contributed by atoms with E-state index in [2.05, 4.69) is 14.5 Å². The average molecular weight is 347 g/mol. The Kier molecular flexibility index (Phi) is 4.16. The molecule has 4 aromatic rings. The lowest BCUT2D eigenvalue weighted by atomic mass is 10.2. The van der Waals surface area contributed by atoms with Crippen LogP contribution in [0.3, 0.4) is 0 Å². The number of fused-ring (bicyclic) bond motifs is 2. The quantitative estimate of drug-likeness (QED) is 0.558. The fraction of sp³-hybridized carbons (Fsp3) is 0.250. The summed E-state index contributed by atoms with van der Waals surface area (Å²) >= 11 is 0. The van der Waals surface area contributed by atoms with Gasteiger partial charge < -0.3 is 13.9 Å². The molecule has 0 spiro atoms. The highest BCUT2D eigenvalue weighted by atomic mass is 16.2. The first-order chi connectivity index (χ1) is 12.6. The first-order valence-corrected chi connectivity index (χ1v) is 8.69. The van der Waals surface area contributed by atoms with Crippen LogP contribution in [-0.2, 0) is 17.8 Å². The summed E-state index contributed by atoms with van der Waals surface area (Å²) in [5, 5.41) is 0. The third-order valence-corrected chi connectivity index (χ3v) is 4.77. The second-order valence-corrected chi connectivity index (χ2v) is 6.55. The Morgan fingerprint density at radius 2 is 2.00 bits per heavy atom. The van der Waals surface area contributed by atoms with Crippen LogP contribution >= 0.6 is 0 Å². The van der Waals surface area contributed by atoms with E-state index in [1.54, 1.807) is 11.1 Å². The van der Waals surface area contributed by atoms with Crippen molar-refractivity contribution in [3.05, 3.63) is 66.4 Å². The standard InChI is InChI=1S/C20H21N5O/c1-15-6-5-9-25-16(13-21-20(15)25)12-19(26)23(2)10-11-24-14-22-17-7-3-4-8-18(17)24/h3-9,13-14H,10-12H2,1-2H3. The number of aryl methyl sites for hydroxylation is 1. The van der Waals surface area contributed by atoms with Gasteiger partial charge in [0.05, 0.1) is 29.5 Å². The largest absolute Gasteiger partial charge is 0.344 e. The number of amides is 1. The molecule has 26 heavy (non-hydrogen) atoms. The Hall–Kier alpha value is -3.15. The number of benzene rings is 1. The summed E-state index contributed by atoms with van der Waals surface area (Å²) in [4.78, 5) is 23.2. The molecule has 0 aliphatic carbocycles. The molecule has 0 aliphatic rings. The molecule has 0 bridgehead atoms. The number of pyridine rings is 1. The van der Waals surface area contributed by atoms with E-state index in [0.29, 0.717) is 13.0 Å². The fourth-order valence-corrected chi connectivity index (χ4v) is 3.19. The zero-order valence-electron chi connectivity index (χ0n) is 15.0. The molecule has 3 heterocycles. The molecule has 132 valence electrons. The van der Waals surface area contributed by atoms with Gasteiger partial charge in [0.1, 0.15) is 5.65 Å². The normalized spacial score (nSPS) is 11.3. The summed E-state index contributed by atoms with van der Waals surface area (Å²) in [6.45, 7) is 3.37. The van der Waals surface area contributed by atoms with E-state index in [1.165, 1.54) is 0 Å². The molecule has 3 aromatic heterocycles. The van der Waals surface area contributed by atoms with Crippen molar-refractivity contribution in [3.63, 3.8) is 0 Å². The third kappa shape index (κ3) is 2.94. The van der Waals surface area contributed by atoms with E-state index in [-0.39, 0.29) is 5.91 Å². The number of hydrogen-bond acceptors (Lipinski definition) is 3. The number of nitrogens with zero attached hydrogens (tertiary/aromatic N) is 5. The number of carbonyl (C=O) groups excluding carboxylic acids is 1. The molecule has 0 saturated carbocycles. The Morgan fingerprint density at radius 3 is 2.88 bits per heavy atom. The number of para-hydroxylation sites is 2. The lowest BCUT2D eigenvalue weighted by molar-refractivity contribution is -0.129. The van der Waals surface area contributed by atoms with Crippen molar-refractivity contribution >= 4 is 22.6 Å². The summed E-state index contributed by atoms with van der Waals surface area (Å²) in [6, 6.07) is 12.0. The van der Waals surface area contributed by atoms with Gasteiger partial charge in [0.2, 0.25) is 5.91 Å². The van der Waals surface area contributed by atoms with Crippen LogP contribution in [0.2, 0.25) is 0 Å². The van der Waals surface area contributed by atoms with Gasteiger partial charge in [-0.25, -0.2) is 9.97 Å². The van der Waals surface area contributed by atoms with Gasteiger partial charge in [-0.1, -0.05) is 18.2 Å². The van der Waals surface area contributed by atoms with Gasteiger partial charge in [-0.3, -0.25) is 4.79 Å². The van der Waals surface area contributed by atoms with Crippen molar-refractivity contribution in [1.29, 1.82) is 0 Å². The second kappa shape index (κ2) is 6.63. The van der Waals surface area contributed by atoms with Crippen LogP contribution in [0.25, 0.3) is 16.7 Å². The van der Waals surface area contributed by atoms with Crippen LogP contribution in [0.5, 0.6) is 0 Å². The van der Waals surface area contributed by atoms with Gasteiger partial charge in [-0.05, 0) is 30.7 Å². The molecule has 0 aliphatic heterocycles. The van der Waals surface area contributed by atoms with Gasteiger partial charge in [-0.2, -0.15) is 0 Å². The van der Waals surface area contributed by atoms with Crippen molar-refractivity contribution in [3.8, 4) is 0 Å². The number of hydrogen-bond donors (Lipinski definition) is 0. The third-order valence-electron chi connectivity index (χ3n) is 4.77. The SMILES string of the molecule is Cc1cccn2c(CC(=O)N(C)CCn3cnc4ccccc43)cnc12.